The maximum absolute atomic E-state index is 11.5. The number of carbonyl (C=O) groups excluding carboxylic acids is 1. The lowest BCUT2D eigenvalue weighted by Crippen LogP contribution is -2.36. The SMILES string of the molecule is CC(CS)NCCNC(=O)c1cnccn1. The summed E-state index contributed by atoms with van der Waals surface area (Å²) < 4.78 is 0. The van der Waals surface area contributed by atoms with E-state index in [1.54, 1.807) is 0 Å². The van der Waals surface area contributed by atoms with Crippen molar-refractivity contribution in [1.82, 2.24) is 20.6 Å². The minimum atomic E-state index is -0.201. The van der Waals surface area contributed by atoms with Gasteiger partial charge in [0.15, 0.2) is 0 Å². The fourth-order valence-electron chi connectivity index (χ4n) is 1.07. The molecule has 1 amide bonds. The second kappa shape index (κ2) is 7.19. The molecular formula is C10H16N4OS. The summed E-state index contributed by atoms with van der Waals surface area (Å²) in [4.78, 5) is 19.2. The first-order chi connectivity index (χ1) is 7.74. The number of carbonyl (C=O) groups is 1. The molecule has 0 aliphatic carbocycles. The lowest BCUT2D eigenvalue weighted by molar-refractivity contribution is 0.0948. The van der Waals surface area contributed by atoms with E-state index in [0.717, 1.165) is 5.75 Å². The highest BCUT2D eigenvalue weighted by Gasteiger charge is 2.05. The first-order valence-corrected chi connectivity index (χ1v) is 5.75. The molecule has 5 nitrogen and oxygen atoms in total. The van der Waals surface area contributed by atoms with Crippen molar-refractivity contribution in [3.63, 3.8) is 0 Å². The van der Waals surface area contributed by atoms with E-state index in [9.17, 15) is 4.79 Å². The van der Waals surface area contributed by atoms with Crippen LogP contribution in [-0.4, -0.2) is 40.8 Å². The third kappa shape index (κ3) is 4.59. The zero-order valence-corrected chi connectivity index (χ0v) is 10.1. The molecule has 16 heavy (non-hydrogen) atoms. The molecular weight excluding hydrogens is 224 g/mol. The molecule has 0 radical (unpaired) electrons. The summed E-state index contributed by atoms with van der Waals surface area (Å²) in [5, 5.41) is 5.96. The van der Waals surface area contributed by atoms with E-state index in [1.165, 1.54) is 18.6 Å². The van der Waals surface area contributed by atoms with E-state index in [4.69, 9.17) is 0 Å². The highest BCUT2D eigenvalue weighted by molar-refractivity contribution is 7.80. The predicted octanol–water partition coefficient (Wildman–Crippen LogP) is 0.114. The van der Waals surface area contributed by atoms with Gasteiger partial charge in [-0.15, -0.1) is 0 Å². The van der Waals surface area contributed by atoms with Crippen molar-refractivity contribution < 1.29 is 4.79 Å². The van der Waals surface area contributed by atoms with Gasteiger partial charge in [-0.1, -0.05) is 0 Å². The summed E-state index contributed by atoms with van der Waals surface area (Å²) >= 11 is 4.15. The quantitative estimate of drug-likeness (QED) is 0.488. The van der Waals surface area contributed by atoms with E-state index in [1.807, 2.05) is 6.92 Å². The molecule has 1 aromatic heterocycles. The van der Waals surface area contributed by atoms with Gasteiger partial charge in [-0.2, -0.15) is 12.6 Å². The standard InChI is InChI=1S/C10H16N4OS/c1-8(7-16)12-4-5-14-10(15)9-6-11-2-3-13-9/h2-3,6,8,12,16H,4-5,7H2,1H3,(H,14,15). The van der Waals surface area contributed by atoms with E-state index < -0.39 is 0 Å². The Morgan fingerprint density at radius 3 is 2.94 bits per heavy atom. The Kier molecular flexibility index (Phi) is 5.81. The summed E-state index contributed by atoms with van der Waals surface area (Å²) in [5.74, 6) is 0.575. The Balaban J connectivity index is 2.21. The van der Waals surface area contributed by atoms with Crippen molar-refractivity contribution in [3.8, 4) is 0 Å². The van der Waals surface area contributed by atoms with Gasteiger partial charge in [0.05, 0.1) is 6.20 Å². The lowest BCUT2D eigenvalue weighted by Gasteiger charge is -2.10. The Labute approximate surface area is 100 Å². The van der Waals surface area contributed by atoms with Gasteiger partial charge < -0.3 is 10.6 Å². The van der Waals surface area contributed by atoms with Crippen LogP contribution >= 0.6 is 12.6 Å². The number of hydrogen-bond acceptors (Lipinski definition) is 5. The highest BCUT2D eigenvalue weighted by Crippen LogP contribution is 1.89. The monoisotopic (exact) mass is 240 g/mol. The van der Waals surface area contributed by atoms with Gasteiger partial charge in [0.25, 0.3) is 5.91 Å². The van der Waals surface area contributed by atoms with Gasteiger partial charge in [-0.3, -0.25) is 9.78 Å². The van der Waals surface area contributed by atoms with Crippen LogP contribution in [0.1, 0.15) is 17.4 Å². The minimum Gasteiger partial charge on any atom is -0.349 e. The smallest absolute Gasteiger partial charge is 0.271 e. The summed E-state index contributed by atoms with van der Waals surface area (Å²) in [6, 6.07) is 0.344. The van der Waals surface area contributed by atoms with Gasteiger partial charge in [0.2, 0.25) is 0 Å². The molecule has 1 aromatic rings. The highest BCUT2D eigenvalue weighted by atomic mass is 32.1. The molecule has 0 bridgehead atoms. The Morgan fingerprint density at radius 2 is 2.31 bits per heavy atom. The lowest BCUT2D eigenvalue weighted by atomic mass is 10.4. The molecule has 0 saturated heterocycles. The number of thiol groups is 1. The molecule has 0 aliphatic heterocycles. The molecule has 1 atom stereocenters. The maximum Gasteiger partial charge on any atom is 0.271 e. The van der Waals surface area contributed by atoms with Crippen molar-refractivity contribution >= 4 is 18.5 Å². The van der Waals surface area contributed by atoms with Crippen LogP contribution in [0.15, 0.2) is 18.6 Å². The zero-order chi connectivity index (χ0) is 11.8. The molecule has 1 heterocycles. The van der Waals surface area contributed by atoms with E-state index in [2.05, 4.69) is 33.2 Å². The van der Waals surface area contributed by atoms with Gasteiger partial charge >= 0.3 is 0 Å². The van der Waals surface area contributed by atoms with Crippen molar-refractivity contribution in [1.29, 1.82) is 0 Å². The van der Waals surface area contributed by atoms with Crippen LogP contribution in [-0.2, 0) is 0 Å². The molecule has 0 fully saturated rings. The van der Waals surface area contributed by atoms with Crippen LogP contribution < -0.4 is 10.6 Å². The van der Waals surface area contributed by atoms with Gasteiger partial charge in [0.1, 0.15) is 5.69 Å². The third-order valence-corrected chi connectivity index (χ3v) is 2.52. The van der Waals surface area contributed by atoms with Crippen LogP contribution in [0.25, 0.3) is 0 Å². The molecule has 1 unspecified atom stereocenters. The Morgan fingerprint density at radius 1 is 1.50 bits per heavy atom. The molecule has 2 N–H and O–H groups in total. The molecule has 0 saturated carbocycles. The topological polar surface area (TPSA) is 66.9 Å². The summed E-state index contributed by atoms with van der Waals surface area (Å²) in [6.07, 6.45) is 4.47. The third-order valence-electron chi connectivity index (χ3n) is 1.97. The average Bonchev–Trinajstić information content (AvgIpc) is 2.35. The second-order valence-electron chi connectivity index (χ2n) is 3.38. The molecule has 88 valence electrons. The number of aromatic nitrogens is 2. The van der Waals surface area contributed by atoms with Gasteiger partial charge in [-0.25, -0.2) is 4.98 Å². The van der Waals surface area contributed by atoms with Crippen molar-refractivity contribution in [3.05, 3.63) is 24.3 Å². The molecule has 6 heteroatoms. The normalized spacial score (nSPS) is 12.1. The zero-order valence-electron chi connectivity index (χ0n) is 9.18. The average molecular weight is 240 g/mol. The minimum absolute atomic E-state index is 0.201. The predicted molar refractivity (Wildman–Crippen MR) is 65.7 cm³/mol. The van der Waals surface area contributed by atoms with Crippen molar-refractivity contribution in [2.75, 3.05) is 18.8 Å². The largest absolute Gasteiger partial charge is 0.349 e. The number of rotatable bonds is 6. The molecule has 0 aliphatic rings. The van der Waals surface area contributed by atoms with Gasteiger partial charge in [0, 0.05) is 37.3 Å². The number of hydrogen-bond donors (Lipinski definition) is 3. The summed E-state index contributed by atoms with van der Waals surface area (Å²) in [6.45, 7) is 3.32. The van der Waals surface area contributed by atoms with Crippen LogP contribution in [0.4, 0.5) is 0 Å². The summed E-state index contributed by atoms with van der Waals surface area (Å²) in [7, 11) is 0. The Hall–Kier alpha value is -1.14. The molecule has 0 aromatic carbocycles. The van der Waals surface area contributed by atoms with E-state index in [-0.39, 0.29) is 5.91 Å². The number of nitrogens with zero attached hydrogens (tertiary/aromatic N) is 2. The number of nitrogens with one attached hydrogen (secondary N) is 2. The fraction of sp³-hybridized carbons (Fsp3) is 0.500. The van der Waals surface area contributed by atoms with Crippen molar-refractivity contribution in [2.24, 2.45) is 0 Å². The molecule has 0 spiro atoms. The number of amides is 1. The summed E-state index contributed by atoms with van der Waals surface area (Å²) in [5.41, 5.74) is 0.338. The van der Waals surface area contributed by atoms with E-state index >= 15 is 0 Å². The molecule has 1 rings (SSSR count). The first-order valence-electron chi connectivity index (χ1n) is 5.12. The van der Waals surface area contributed by atoms with Crippen LogP contribution in [0.5, 0.6) is 0 Å². The van der Waals surface area contributed by atoms with Gasteiger partial charge in [-0.05, 0) is 6.92 Å². The Bertz CT molecular complexity index is 320. The maximum atomic E-state index is 11.5. The van der Waals surface area contributed by atoms with Crippen LogP contribution in [0.3, 0.4) is 0 Å². The van der Waals surface area contributed by atoms with Crippen molar-refractivity contribution in [2.45, 2.75) is 13.0 Å². The van der Waals surface area contributed by atoms with Crippen LogP contribution in [0, 0.1) is 0 Å². The van der Waals surface area contributed by atoms with E-state index in [0.29, 0.717) is 24.8 Å². The fourth-order valence-corrected chi connectivity index (χ4v) is 1.20. The van der Waals surface area contributed by atoms with Crippen LogP contribution in [0.2, 0.25) is 0 Å². The first kappa shape index (κ1) is 12.9. The second-order valence-corrected chi connectivity index (χ2v) is 3.75.